The number of carbonyl (C=O) groups excluding carboxylic acids is 1. The molecule has 4 nitrogen and oxygen atoms in total. The summed E-state index contributed by atoms with van der Waals surface area (Å²) in [5.41, 5.74) is 1.49. The van der Waals surface area contributed by atoms with E-state index in [2.05, 4.69) is 5.32 Å². The fourth-order valence-corrected chi connectivity index (χ4v) is 3.20. The van der Waals surface area contributed by atoms with Gasteiger partial charge >= 0.3 is 5.97 Å². The van der Waals surface area contributed by atoms with Gasteiger partial charge in [-0.3, -0.25) is 4.79 Å². The molecule has 2 aromatic rings. The van der Waals surface area contributed by atoms with Crippen LogP contribution in [0.25, 0.3) is 0 Å². The number of rotatable bonds is 4. The molecule has 1 amide bonds. The highest BCUT2D eigenvalue weighted by Gasteiger charge is 2.13. The second-order valence-electron chi connectivity index (χ2n) is 4.56. The van der Waals surface area contributed by atoms with Crippen molar-refractivity contribution in [3.05, 3.63) is 50.2 Å². The van der Waals surface area contributed by atoms with Crippen molar-refractivity contribution in [1.29, 1.82) is 0 Å². The lowest BCUT2D eigenvalue weighted by molar-refractivity contribution is 0.0696. The quantitative estimate of drug-likeness (QED) is 0.885. The van der Waals surface area contributed by atoms with E-state index < -0.39 is 5.97 Å². The first-order valence-electron chi connectivity index (χ1n) is 6.35. The molecular weight excluding hydrogens is 310 g/mol. The van der Waals surface area contributed by atoms with Crippen molar-refractivity contribution in [2.75, 3.05) is 5.32 Å². The van der Waals surface area contributed by atoms with E-state index in [0.717, 1.165) is 16.9 Å². The number of amides is 1. The van der Waals surface area contributed by atoms with Crippen molar-refractivity contribution in [1.82, 2.24) is 0 Å². The van der Waals surface area contributed by atoms with Crippen LogP contribution in [0, 0.1) is 6.92 Å². The largest absolute Gasteiger partial charge is 0.478 e. The number of nitrogens with one attached hydrogen (secondary N) is 1. The van der Waals surface area contributed by atoms with Crippen molar-refractivity contribution in [2.24, 2.45) is 0 Å². The Labute approximate surface area is 131 Å². The Hall–Kier alpha value is -1.85. The summed E-state index contributed by atoms with van der Waals surface area (Å²) in [6, 6.07) is 6.08. The Morgan fingerprint density at radius 1 is 1.29 bits per heavy atom. The van der Waals surface area contributed by atoms with E-state index >= 15 is 0 Å². The smallest absolute Gasteiger partial charge is 0.335 e. The van der Waals surface area contributed by atoms with Crippen LogP contribution < -0.4 is 5.32 Å². The number of halogens is 1. The van der Waals surface area contributed by atoms with E-state index in [1.54, 1.807) is 0 Å². The molecule has 110 valence electrons. The third-order valence-corrected chi connectivity index (χ3v) is 4.57. The van der Waals surface area contributed by atoms with Gasteiger partial charge in [0.15, 0.2) is 0 Å². The average molecular weight is 324 g/mol. The van der Waals surface area contributed by atoms with Crippen LogP contribution in [-0.4, -0.2) is 17.0 Å². The molecule has 21 heavy (non-hydrogen) atoms. The molecule has 2 N–H and O–H groups in total. The number of carboxylic acids is 1. The van der Waals surface area contributed by atoms with Crippen molar-refractivity contribution in [2.45, 2.75) is 20.3 Å². The predicted molar refractivity (Wildman–Crippen MR) is 84.8 cm³/mol. The standard InChI is InChI=1S/C15H14ClNO3S/c1-3-12-8(2)4-13(21-12)14(18)17-11-6-9(15(19)20)5-10(16)7-11/h4-7H,3H2,1-2H3,(H,17,18)(H,19,20). The molecule has 0 atom stereocenters. The Balaban J connectivity index is 2.24. The normalized spacial score (nSPS) is 10.4. The Bertz CT molecular complexity index is 709. The first-order valence-corrected chi connectivity index (χ1v) is 7.54. The average Bonchev–Trinajstić information content (AvgIpc) is 2.79. The van der Waals surface area contributed by atoms with Crippen molar-refractivity contribution in [3.8, 4) is 0 Å². The zero-order valence-electron chi connectivity index (χ0n) is 11.6. The van der Waals surface area contributed by atoms with Gasteiger partial charge in [-0.05, 0) is 43.2 Å². The zero-order valence-corrected chi connectivity index (χ0v) is 13.1. The van der Waals surface area contributed by atoms with Gasteiger partial charge in [0.05, 0.1) is 10.4 Å². The number of aryl methyl sites for hydroxylation is 2. The molecule has 1 aromatic heterocycles. The molecule has 1 aromatic carbocycles. The van der Waals surface area contributed by atoms with Gasteiger partial charge in [0.2, 0.25) is 0 Å². The summed E-state index contributed by atoms with van der Waals surface area (Å²) in [7, 11) is 0. The Morgan fingerprint density at radius 2 is 2.00 bits per heavy atom. The van der Waals surface area contributed by atoms with Crippen LogP contribution in [0.5, 0.6) is 0 Å². The maximum atomic E-state index is 12.2. The van der Waals surface area contributed by atoms with Gasteiger partial charge in [-0.25, -0.2) is 4.79 Å². The summed E-state index contributed by atoms with van der Waals surface area (Å²) in [6.07, 6.45) is 0.879. The highest BCUT2D eigenvalue weighted by Crippen LogP contribution is 2.24. The first kappa shape index (κ1) is 15.5. The van der Waals surface area contributed by atoms with Crippen LogP contribution in [0.2, 0.25) is 5.02 Å². The molecular formula is C15H14ClNO3S. The van der Waals surface area contributed by atoms with Crippen LogP contribution in [-0.2, 0) is 6.42 Å². The Kier molecular flexibility index (Phi) is 4.65. The van der Waals surface area contributed by atoms with Crippen molar-refractivity contribution in [3.63, 3.8) is 0 Å². The topological polar surface area (TPSA) is 66.4 Å². The van der Waals surface area contributed by atoms with Gasteiger partial charge in [0.25, 0.3) is 5.91 Å². The molecule has 0 saturated carbocycles. The molecule has 0 spiro atoms. The number of benzene rings is 1. The summed E-state index contributed by atoms with van der Waals surface area (Å²) < 4.78 is 0. The highest BCUT2D eigenvalue weighted by molar-refractivity contribution is 7.14. The second kappa shape index (κ2) is 6.28. The molecule has 2 rings (SSSR count). The molecule has 0 aliphatic heterocycles. The summed E-state index contributed by atoms with van der Waals surface area (Å²) in [5, 5.41) is 11.9. The molecule has 0 saturated heterocycles. The Morgan fingerprint density at radius 3 is 2.57 bits per heavy atom. The zero-order chi connectivity index (χ0) is 15.6. The lowest BCUT2D eigenvalue weighted by Crippen LogP contribution is -2.11. The third kappa shape index (κ3) is 3.62. The molecule has 0 aliphatic carbocycles. The van der Waals surface area contributed by atoms with Gasteiger partial charge in [0.1, 0.15) is 0 Å². The van der Waals surface area contributed by atoms with E-state index in [4.69, 9.17) is 16.7 Å². The minimum absolute atomic E-state index is 0.0365. The minimum atomic E-state index is -1.09. The molecule has 0 aliphatic rings. The van der Waals surface area contributed by atoms with E-state index in [0.29, 0.717) is 10.6 Å². The van der Waals surface area contributed by atoms with Crippen LogP contribution in [0.1, 0.15) is 37.4 Å². The van der Waals surface area contributed by atoms with Gasteiger partial charge in [-0.15, -0.1) is 11.3 Å². The van der Waals surface area contributed by atoms with Crippen molar-refractivity contribution >= 4 is 40.5 Å². The number of thiophene rings is 1. The highest BCUT2D eigenvalue weighted by atomic mass is 35.5. The molecule has 0 radical (unpaired) electrons. The van der Waals surface area contributed by atoms with E-state index in [9.17, 15) is 9.59 Å². The third-order valence-electron chi connectivity index (χ3n) is 2.97. The van der Waals surface area contributed by atoms with Crippen LogP contribution in [0.3, 0.4) is 0 Å². The number of hydrogen-bond donors (Lipinski definition) is 2. The fourth-order valence-electron chi connectivity index (χ4n) is 1.96. The second-order valence-corrected chi connectivity index (χ2v) is 6.13. The number of carboxylic acid groups (broad SMARTS) is 1. The summed E-state index contributed by atoms with van der Waals surface area (Å²) >= 11 is 7.30. The van der Waals surface area contributed by atoms with E-state index in [1.165, 1.54) is 29.5 Å². The van der Waals surface area contributed by atoms with E-state index in [-0.39, 0.29) is 16.5 Å². The number of hydrogen-bond acceptors (Lipinski definition) is 3. The summed E-state index contributed by atoms with van der Waals surface area (Å²) in [5.74, 6) is -1.35. The molecule has 0 bridgehead atoms. The fraction of sp³-hybridized carbons (Fsp3) is 0.200. The molecule has 1 heterocycles. The monoisotopic (exact) mass is 323 g/mol. The van der Waals surface area contributed by atoms with Gasteiger partial charge in [-0.1, -0.05) is 18.5 Å². The minimum Gasteiger partial charge on any atom is -0.478 e. The first-order chi connectivity index (χ1) is 9.90. The van der Waals surface area contributed by atoms with Gasteiger partial charge < -0.3 is 10.4 Å². The van der Waals surface area contributed by atoms with Gasteiger partial charge in [-0.2, -0.15) is 0 Å². The van der Waals surface area contributed by atoms with E-state index in [1.807, 2.05) is 19.9 Å². The van der Waals surface area contributed by atoms with Gasteiger partial charge in [0, 0.05) is 15.6 Å². The number of carbonyl (C=O) groups is 2. The molecule has 0 fully saturated rings. The lowest BCUT2D eigenvalue weighted by Gasteiger charge is -2.05. The predicted octanol–water partition coefficient (Wildman–Crippen LogP) is 4.22. The van der Waals surface area contributed by atoms with Crippen LogP contribution in [0.15, 0.2) is 24.3 Å². The van der Waals surface area contributed by atoms with Crippen molar-refractivity contribution < 1.29 is 14.7 Å². The summed E-state index contributed by atoms with van der Waals surface area (Å²) in [4.78, 5) is 24.9. The number of aromatic carboxylic acids is 1. The molecule has 0 unspecified atom stereocenters. The maximum Gasteiger partial charge on any atom is 0.335 e. The maximum absolute atomic E-state index is 12.2. The van der Waals surface area contributed by atoms with Crippen LogP contribution in [0.4, 0.5) is 5.69 Å². The summed E-state index contributed by atoms with van der Waals surface area (Å²) in [6.45, 7) is 4.00. The molecule has 6 heteroatoms. The number of anilines is 1. The SMILES string of the molecule is CCc1sc(C(=O)Nc2cc(Cl)cc(C(=O)O)c2)cc1C. The lowest BCUT2D eigenvalue weighted by atomic mass is 10.2. The van der Waals surface area contributed by atoms with Crippen LogP contribution >= 0.6 is 22.9 Å².